The molecule has 0 fully saturated rings. The summed E-state index contributed by atoms with van der Waals surface area (Å²) in [5, 5.41) is 11.3. The number of carbonyl (C=O) groups excluding carboxylic acids is 2. The van der Waals surface area contributed by atoms with Gasteiger partial charge in [-0.3, -0.25) is 9.59 Å². The summed E-state index contributed by atoms with van der Waals surface area (Å²) in [6.45, 7) is -0.171. The van der Waals surface area contributed by atoms with Gasteiger partial charge >= 0.3 is 0 Å². The van der Waals surface area contributed by atoms with E-state index in [1.807, 2.05) is 6.07 Å². The van der Waals surface area contributed by atoms with Gasteiger partial charge in [0.2, 0.25) is 5.91 Å². The Bertz CT molecular complexity index is 716. The fourth-order valence-corrected chi connectivity index (χ4v) is 1.69. The van der Waals surface area contributed by atoms with E-state index in [1.165, 1.54) is 12.1 Å². The van der Waals surface area contributed by atoms with Crippen LogP contribution in [-0.2, 0) is 4.79 Å². The Morgan fingerprint density at radius 1 is 1.09 bits per heavy atom. The number of nitrogens with zero attached hydrogens (tertiary/aromatic N) is 1. The summed E-state index contributed by atoms with van der Waals surface area (Å²) in [6, 6.07) is 14.7. The number of hydrogen-bond acceptors (Lipinski definition) is 4. The summed E-state index contributed by atoms with van der Waals surface area (Å²) in [6.07, 6.45) is 0. The van der Waals surface area contributed by atoms with Crippen molar-refractivity contribution in [3.63, 3.8) is 0 Å². The zero-order chi connectivity index (χ0) is 15.9. The molecular formula is C16H13N3O3. The Morgan fingerprint density at radius 2 is 1.73 bits per heavy atom. The van der Waals surface area contributed by atoms with Crippen LogP contribution in [0.2, 0.25) is 0 Å². The molecule has 2 amide bonds. The highest BCUT2D eigenvalue weighted by atomic mass is 16.5. The molecule has 0 radical (unpaired) electrons. The molecule has 6 nitrogen and oxygen atoms in total. The Morgan fingerprint density at radius 3 is 2.27 bits per heavy atom. The highest BCUT2D eigenvalue weighted by molar-refractivity contribution is 5.93. The van der Waals surface area contributed by atoms with Crippen LogP contribution in [-0.4, -0.2) is 18.4 Å². The molecule has 22 heavy (non-hydrogen) atoms. The van der Waals surface area contributed by atoms with Crippen molar-refractivity contribution in [1.29, 1.82) is 5.26 Å². The van der Waals surface area contributed by atoms with Gasteiger partial charge in [0.1, 0.15) is 5.75 Å². The van der Waals surface area contributed by atoms with Gasteiger partial charge in [0.05, 0.1) is 11.6 Å². The van der Waals surface area contributed by atoms with Crippen LogP contribution in [0.4, 0.5) is 5.69 Å². The van der Waals surface area contributed by atoms with Gasteiger partial charge < -0.3 is 15.8 Å². The quantitative estimate of drug-likeness (QED) is 0.875. The summed E-state index contributed by atoms with van der Waals surface area (Å²) in [7, 11) is 0. The molecule has 0 heterocycles. The predicted molar refractivity (Wildman–Crippen MR) is 80.2 cm³/mol. The van der Waals surface area contributed by atoms with Crippen molar-refractivity contribution in [2.24, 2.45) is 5.73 Å². The molecule has 6 heteroatoms. The molecule has 0 aromatic heterocycles. The zero-order valence-corrected chi connectivity index (χ0v) is 11.6. The Labute approximate surface area is 127 Å². The zero-order valence-electron chi connectivity index (χ0n) is 11.6. The van der Waals surface area contributed by atoms with Gasteiger partial charge in [-0.15, -0.1) is 0 Å². The number of hydrogen-bond donors (Lipinski definition) is 2. The molecule has 0 aliphatic rings. The minimum atomic E-state index is -0.523. The molecule has 0 aliphatic carbocycles. The number of nitriles is 1. The first-order valence-corrected chi connectivity index (χ1v) is 6.41. The maximum atomic E-state index is 11.7. The van der Waals surface area contributed by atoms with Crippen LogP contribution in [0.3, 0.4) is 0 Å². The van der Waals surface area contributed by atoms with Gasteiger partial charge in [-0.2, -0.15) is 5.26 Å². The molecule has 0 saturated heterocycles. The second kappa shape index (κ2) is 6.90. The lowest BCUT2D eigenvalue weighted by molar-refractivity contribution is -0.118. The summed E-state index contributed by atoms with van der Waals surface area (Å²) in [5.74, 6) is -0.395. The van der Waals surface area contributed by atoms with Crippen LogP contribution in [0.5, 0.6) is 5.75 Å². The summed E-state index contributed by atoms with van der Waals surface area (Å²) in [5.41, 5.74) is 6.60. The summed E-state index contributed by atoms with van der Waals surface area (Å²) < 4.78 is 5.30. The van der Waals surface area contributed by atoms with Crippen molar-refractivity contribution < 1.29 is 14.3 Å². The van der Waals surface area contributed by atoms with Crippen molar-refractivity contribution >= 4 is 17.5 Å². The number of nitrogens with one attached hydrogen (secondary N) is 1. The van der Waals surface area contributed by atoms with Crippen LogP contribution >= 0.6 is 0 Å². The third-order valence-electron chi connectivity index (χ3n) is 2.81. The number of carbonyl (C=O) groups is 2. The van der Waals surface area contributed by atoms with Crippen LogP contribution in [0.15, 0.2) is 48.5 Å². The lowest BCUT2D eigenvalue weighted by Crippen LogP contribution is -2.20. The second-order valence-electron chi connectivity index (χ2n) is 4.41. The molecule has 0 aliphatic heterocycles. The molecule has 0 unspecified atom stereocenters. The summed E-state index contributed by atoms with van der Waals surface area (Å²) >= 11 is 0. The monoisotopic (exact) mass is 295 g/mol. The lowest BCUT2D eigenvalue weighted by Gasteiger charge is -2.08. The van der Waals surface area contributed by atoms with E-state index in [0.29, 0.717) is 22.6 Å². The van der Waals surface area contributed by atoms with E-state index in [1.54, 1.807) is 36.4 Å². The number of amides is 2. The number of nitrogens with two attached hydrogens (primary N) is 1. The molecule has 0 atom stereocenters. The van der Waals surface area contributed by atoms with Crippen molar-refractivity contribution in [2.45, 2.75) is 0 Å². The fraction of sp³-hybridized carbons (Fsp3) is 0.0625. The maximum Gasteiger partial charge on any atom is 0.262 e. The van der Waals surface area contributed by atoms with Gasteiger partial charge in [0.25, 0.3) is 5.91 Å². The smallest absolute Gasteiger partial charge is 0.262 e. The van der Waals surface area contributed by atoms with Gasteiger partial charge in [0.15, 0.2) is 6.61 Å². The van der Waals surface area contributed by atoms with Crippen molar-refractivity contribution in [3.05, 3.63) is 59.7 Å². The molecule has 0 spiro atoms. The van der Waals surface area contributed by atoms with Crippen molar-refractivity contribution in [3.8, 4) is 11.8 Å². The first-order chi connectivity index (χ1) is 10.6. The number of ether oxygens (including phenoxy) is 1. The van der Waals surface area contributed by atoms with Crippen LogP contribution < -0.4 is 15.8 Å². The van der Waals surface area contributed by atoms with E-state index in [2.05, 4.69) is 5.32 Å². The van der Waals surface area contributed by atoms with Gasteiger partial charge in [-0.05, 0) is 48.5 Å². The van der Waals surface area contributed by atoms with E-state index >= 15 is 0 Å². The Balaban J connectivity index is 1.86. The van der Waals surface area contributed by atoms with Crippen LogP contribution in [0.1, 0.15) is 15.9 Å². The topological polar surface area (TPSA) is 105 Å². The predicted octanol–water partition coefficient (Wildman–Crippen LogP) is 1.67. The second-order valence-corrected chi connectivity index (χ2v) is 4.41. The Hall–Kier alpha value is -3.33. The van der Waals surface area contributed by atoms with E-state index in [-0.39, 0.29) is 12.5 Å². The number of rotatable bonds is 5. The minimum Gasteiger partial charge on any atom is -0.484 e. The number of primary amides is 1. The average Bonchev–Trinajstić information content (AvgIpc) is 2.54. The SMILES string of the molecule is N#Cc1ccc(NC(=O)COc2ccc(C(N)=O)cc2)cc1. The summed E-state index contributed by atoms with van der Waals surface area (Å²) in [4.78, 5) is 22.7. The largest absolute Gasteiger partial charge is 0.484 e. The van der Waals surface area contributed by atoms with E-state index in [4.69, 9.17) is 15.7 Å². The Kier molecular flexibility index (Phi) is 4.73. The van der Waals surface area contributed by atoms with Gasteiger partial charge in [-0.1, -0.05) is 0 Å². The molecule has 3 N–H and O–H groups in total. The highest BCUT2D eigenvalue weighted by Gasteiger charge is 2.05. The number of benzene rings is 2. The first kappa shape index (κ1) is 15.1. The standard InChI is InChI=1S/C16H13N3O3/c17-9-11-1-5-13(6-2-11)19-15(20)10-22-14-7-3-12(4-8-14)16(18)21/h1-8H,10H2,(H2,18,21)(H,19,20). The minimum absolute atomic E-state index is 0.171. The lowest BCUT2D eigenvalue weighted by atomic mass is 10.2. The molecular weight excluding hydrogens is 282 g/mol. The van der Waals surface area contributed by atoms with Gasteiger partial charge in [0, 0.05) is 11.3 Å². The van der Waals surface area contributed by atoms with E-state index in [9.17, 15) is 9.59 Å². The first-order valence-electron chi connectivity index (χ1n) is 6.41. The third-order valence-corrected chi connectivity index (χ3v) is 2.81. The molecule has 110 valence electrons. The average molecular weight is 295 g/mol. The molecule has 2 rings (SSSR count). The molecule has 0 saturated carbocycles. The van der Waals surface area contributed by atoms with E-state index in [0.717, 1.165) is 0 Å². The molecule has 2 aromatic carbocycles. The number of anilines is 1. The van der Waals surface area contributed by atoms with Crippen LogP contribution in [0, 0.1) is 11.3 Å². The van der Waals surface area contributed by atoms with Crippen LogP contribution in [0.25, 0.3) is 0 Å². The van der Waals surface area contributed by atoms with Crippen molar-refractivity contribution in [1.82, 2.24) is 0 Å². The fourth-order valence-electron chi connectivity index (χ4n) is 1.69. The van der Waals surface area contributed by atoms with E-state index < -0.39 is 5.91 Å². The van der Waals surface area contributed by atoms with Gasteiger partial charge in [-0.25, -0.2) is 0 Å². The third kappa shape index (κ3) is 4.08. The molecule has 0 bridgehead atoms. The normalized spacial score (nSPS) is 9.59. The highest BCUT2D eigenvalue weighted by Crippen LogP contribution is 2.12. The maximum absolute atomic E-state index is 11.7. The molecule has 2 aromatic rings. The van der Waals surface area contributed by atoms with Crippen molar-refractivity contribution in [2.75, 3.05) is 11.9 Å².